The summed E-state index contributed by atoms with van der Waals surface area (Å²) in [7, 11) is 0. The van der Waals surface area contributed by atoms with Crippen molar-refractivity contribution in [3.8, 4) is 22.5 Å². The minimum Gasteiger partial charge on any atom is -0.367 e. The lowest BCUT2D eigenvalue weighted by Crippen LogP contribution is -2.06. The molecule has 136 valence electrons. The number of aromatic amines is 2. The van der Waals surface area contributed by atoms with Crippen LogP contribution in [0.3, 0.4) is 0 Å². The summed E-state index contributed by atoms with van der Waals surface area (Å²) in [4.78, 5) is 22.4. The predicted molar refractivity (Wildman–Crippen MR) is 93.5 cm³/mol. The number of hydrogen-bond acceptors (Lipinski definition) is 5. The van der Waals surface area contributed by atoms with Crippen molar-refractivity contribution in [1.29, 1.82) is 0 Å². The summed E-state index contributed by atoms with van der Waals surface area (Å²) in [6.45, 7) is 0.259. The van der Waals surface area contributed by atoms with Crippen molar-refractivity contribution in [1.82, 2.24) is 29.7 Å². The summed E-state index contributed by atoms with van der Waals surface area (Å²) >= 11 is 0. The van der Waals surface area contributed by atoms with E-state index >= 15 is 0 Å². The first kappa shape index (κ1) is 16.6. The second-order valence-corrected chi connectivity index (χ2v) is 5.78. The SMILES string of the molecule is Nc1n[nH]c(Cn2cnc(-c3ccc(F)c(F)c3)c2-c2ccc(=O)[nH]c2)n1. The zero-order valence-electron chi connectivity index (χ0n) is 13.8. The highest BCUT2D eigenvalue weighted by atomic mass is 19.2. The Morgan fingerprint density at radius 3 is 2.59 bits per heavy atom. The number of rotatable bonds is 4. The van der Waals surface area contributed by atoms with Crippen LogP contribution in [0.25, 0.3) is 22.5 Å². The normalized spacial score (nSPS) is 11.0. The van der Waals surface area contributed by atoms with Gasteiger partial charge in [-0.15, -0.1) is 5.10 Å². The number of nitrogens with one attached hydrogen (secondary N) is 2. The number of benzene rings is 1. The second kappa shape index (κ2) is 6.48. The van der Waals surface area contributed by atoms with Gasteiger partial charge in [-0.05, 0) is 24.3 Å². The molecule has 10 heteroatoms. The summed E-state index contributed by atoms with van der Waals surface area (Å²) in [5.41, 5.74) is 7.32. The lowest BCUT2D eigenvalue weighted by molar-refractivity contribution is 0.509. The van der Waals surface area contributed by atoms with E-state index in [1.165, 1.54) is 24.7 Å². The van der Waals surface area contributed by atoms with Crippen LogP contribution in [0.4, 0.5) is 14.7 Å². The Morgan fingerprint density at radius 2 is 1.93 bits per heavy atom. The van der Waals surface area contributed by atoms with Crippen LogP contribution in [0.5, 0.6) is 0 Å². The van der Waals surface area contributed by atoms with Gasteiger partial charge < -0.3 is 15.3 Å². The molecule has 0 atom stereocenters. The molecule has 1 aromatic carbocycles. The van der Waals surface area contributed by atoms with Gasteiger partial charge >= 0.3 is 0 Å². The molecule has 3 heterocycles. The Kier molecular flexibility index (Phi) is 3.99. The van der Waals surface area contributed by atoms with Crippen molar-refractivity contribution in [3.63, 3.8) is 0 Å². The van der Waals surface area contributed by atoms with Gasteiger partial charge in [0.05, 0.1) is 24.3 Å². The maximum Gasteiger partial charge on any atom is 0.247 e. The molecule has 0 saturated carbocycles. The van der Waals surface area contributed by atoms with Crippen molar-refractivity contribution in [2.45, 2.75) is 6.54 Å². The molecule has 0 unspecified atom stereocenters. The van der Waals surface area contributed by atoms with E-state index in [9.17, 15) is 13.6 Å². The Morgan fingerprint density at radius 1 is 1.11 bits per heavy atom. The number of nitrogens with two attached hydrogens (primary N) is 1. The van der Waals surface area contributed by atoms with Crippen LogP contribution in [-0.4, -0.2) is 29.7 Å². The summed E-state index contributed by atoms with van der Waals surface area (Å²) < 4.78 is 28.8. The maximum atomic E-state index is 13.7. The van der Waals surface area contributed by atoms with Gasteiger partial charge in [-0.25, -0.2) is 13.8 Å². The van der Waals surface area contributed by atoms with E-state index in [2.05, 4.69) is 25.1 Å². The van der Waals surface area contributed by atoms with Crippen LogP contribution in [-0.2, 0) is 6.54 Å². The summed E-state index contributed by atoms with van der Waals surface area (Å²) in [6.07, 6.45) is 3.06. The van der Waals surface area contributed by atoms with Crippen molar-refractivity contribution < 1.29 is 8.78 Å². The van der Waals surface area contributed by atoms with E-state index in [-0.39, 0.29) is 18.1 Å². The van der Waals surface area contributed by atoms with E-state index < -0.39 is 11.6 Å². The van der Waals surface area contributed by atoms with Crippen molar-refractivity contribution in [2.75, 3.05) is 5.73 Å². The molecule has 0 amide bonds. The number of halogens is 2. The molecular formula is C17H13F2N7O. The average Bonchev–Trinajstić information content (AvgIpc) is 3.25. The standard InChI is InChI=1S/C17H13F2N7O/c18-11-3-1-9(5-12(11)19)15-16(10-2-4-14(27)21-6-10)26(8-22-15)7-13-23-17(20)25-24-13/h1-6,8H,7H2,(H,21,27)(H3,20,23,24,25). The zero-order chi connectivity index (χ0) is 19.0. The molecule has 0 aliphatic heterocycles. The summed E-state index contributed by atoms with van der Waals surface area (Å²) in [5.74, 6) is -1.32. The van der Waals surface area contributed by atoms with Gasteiger partial charge in [-0.1, -0.05) is 0 Å². The topological polar surface area (TPSA) is 118 Å². The van der Waals surface area contributed by atoms with E-state index in [0.717, 1.165) is 12.1 Å². The monoisotopic (exact) mass is 369 g/mol. The first-order valence-electron chi connectivity index (χ1n) is 7.87. The van der Waals surface area contributed by atoms with Crippen molar-refractivity contribution in [2.24, 2.45) is 0 Å². The maximum absolute atomic E-state index is 13.7. The van der Waals surface area contributed by atoms with Crippen LogP contribution < -0.4 is 11.3 Å². The van der Waals surface area contributed by atoms with Crippen LogP contribution >= 0.6 is 0 Å². The number of nitrogen functional groups attached to an aromatic ring is 1. The van der Waals surface area contributed by atoms with Crippen molar-refractivity contribution >= 4 is 5.95 Å². The van der Waals surface area contributed by atoms with Gasteiger partial charge in [0, 0.05) is 23.4 Å². The predicted octanol–water partition coefficient (Wildman–Crippen LogP) is 1.93. The number of anilines is 1. The molecule has 4 aromatic rings. The number of imidazole rings is 1. The largest absolute Gasteiger partial charge is 0.367 e. The molecule has 4 N–H and O–H groups in total. The van der Waals surface area contributed by atoms with Crippen LogP contribution in [0, 0.1) is 11.6 Å². The van der Waals surface area contributed by atoms with E-state index in [0.29, 0.717) is 28.3 Å². The molecular weight excluding hydrogens is 356 g/mol. The molecule has 0 saturated heterocycles. The van der Waals surface area contributed by atoms with Crippen LogP contribution in [0.1, 0.15) is 5.82 Å². The molecule has 0 radical (unpaired) electrons. The molecule has 0 fully saturated rings. The fourth-order valence-electron chi connectivity index (χ4n) is 2.76. The number of hydrogen-bond donors (Lipinski definition) is 3. The van der Waals surface area contributed by atoms with E-state index in [1.54, 1.807) is 10.6 Å². The van der Waals surface area contributed by atoms with E-state index in [4.69, 9.17) is 5.73 Å². The quantitative estimate of drug-likeness (QED) is 0.508. The first-order chi connectivity index (χ1) is 13.0. The fraction of sp³-hybridized carbons (Fsp3) is 0.0588. The highest BCUT2D eigenvalue weighted by Crippen LogP contribution is 2.31. The molecule has 4 rings (SSSR count). The zero-order valence-corrected chi connectivity index (χ0v) is 13.8. The molecule has 3 aromatic heterocycles. The van der Waals surface area contributed by atoms with Gasteiger partial charge in [0.2, 0.25) is 11.5 Å². The van der Waals surface area contributed by atoms with Gasteiger partial charge in [-0.3, -0.25) is 9.89 Å². The average molecular weight is 369 g/mol. The van der Waals surface area contributed by atoms with Gasteiger partial charge in [0.25, 0.3) is 0 Å². The molecule has 8 nitrogen and oxygen atoms in total. The summed E-state index contributed by atoms with van der Waals surface area (Å²) in [5, 5.41) is 6.49. The first-order valence-corrected chi connectivity index (χ1v) is 7.87. The molecule has 0 aliphatic rings. The van der Waals surface area contributed by atoms with Crippen molar-refractivity contribution in [3.05, 3.63) is 70.7 Å². The Balaban J connectivity index is 1.86. The number of pyridine rings is 1. The highest BCUT2D eigenvalue weighted by molar-refractivity contribution is 5.78. The minimum atomic E-state index is -0.975. The van der Waals surface area contributed by atoms with E-state index in [1.807, 2.05) is 0 Å². The van der Waals surface area contributed by atoms with Gasteiger partial charge in [0.1, 0.15) is 5.82 Å². The molecule has 0 bridgehead atoms. The third-order valence-corrected chi connectivity index (χ3v) is 3.96. The molecule has 0 spiro atoms. The molecule has 0 aliphatic carbocycles. The lowest BCUT2D eigenvalue weighted by atomic mass is 10.1. The third-order valence-electron chi connectivity index (χ3n) is 3.96. The van der Waals surface area contributed by atoms with Crippen LogP contribution in [0.15, 0.2) is 47.7 Å². The smallest absolute Gasteiger partial charge is 0.247 e. The van der Waals surface area contributed by atoms with Gasteiger partial charge in [-0.2, -0.15) is 4.98 Å². The lowest BCUT2D eigenvalue weighted by Gasteiger charge is -2.09. The highest BCUT2D eigenvalue weighted by Gasteiger charge is 2.18. The number of aromatic nitrogens is 6. The number of nitrogens with zero attached hydrogens (tertiary/aromatic N) is 4. The van der Waals surface area contributed by atoms with Gasteiger partial charge in [0.15, 0.2) is 11.6 Å². The Labute approximate surface area is 150 Å². The van der Waals surface area contributed by atoms with Crippen LogP contribution in [0.2, 0.25) is 0 Å². The minimum absolute atomic E-state index is 0.108. The second-order valence-electron chi connectivity index (χ2n) is 5.78. The number of H-pyrrole nitrogens is 2. The summed E-state index contributed by atoms with van der Waals surface area (Å²) in [6, 6.07) is 6.53. The molecule has 27 heavy (non-hydrogen) atoms. The Hall–Kier alpha value is -3.82. The third kappa shape index (κ3) is 3.19. The Bertz CT molecular complexity index is 1160. The fourth-order valence-corrected chi connectivity index (χ4v) is 2.76.